The average Bonchev–Trinajstić information content (AvgIpc) is 1.69. The van der Waals surface area contributed by atoms with Crippen LogP contribution in [0.2, 0.25) is 0 Å². The fraction of sp³-hybridized carbons (Fsp3) is 0.667. The van der Waals surface area contributed by atoms with Crippen molar-refractivity contribution in [3.8, 4) is 0 Å². The van der Waals surface area contributed by atoms with Crippen molar-refractivity contribution in [1.82, 2.24) is 11.0 Å². The second-order valence-corrected chi connectivity index (χ2v) is 1.28. The number of ketones is 1. The van der Waals surface area contributed by atoms with E-state index in [1.165, 1.54) is 0 Å². The lowest BCUT2D eigenvalue weighted by Gasteiger charge is -2.10. The van der Waals surface area contributed by atoms with Crippen LogP contribution < -0.4 is 11.0 Å². The maximum Gasteiger partial charge on any atom is 0.175 e. The number of nitrogens with one attached hydrogen (secondary N) is 2. The van der Waals surface area contributed by atoms with Gasteiger partial charge in [-0.2, -0.15) is 0 Å². The van der Waals surface area contributed by atoms with Gasteiger partial charge >= 0.3 is 0 Å². The molecule has 0 aliphatic carbocycles. The van der Waals surface area contributed by atoms with Gasteiger partial charge in [-0.1, -0.05) is 0 Å². The van der Waals surface area contributed by atoms with Crippen molar-refractivity contribution in [2.75, 3.05) is 13.2 Å². The maximum absolute atomic E-state index is 10.2. The molecule has 40 valence electrons. The molecule has 4 heteroatoms. The van der Waals surface area contributed by atoms with Gasteiger partial charge < -0.3 is 0 Å². The SMILES string of the molecule is O=C1CNNOC1. The molecule has 0 aromatic rings. The topological polar surface area (TPSA) is 50.4 Å². The zero-order valence-electron chi connectivity index (χ0n) is 3.73. The Bertz CT molecular complexity index is 75.0. The number of hydrogen-bond acceptors (Lipinski definition) is 4. The minimum absolute atomic E-state index is 0.0683. The lowest BCUT2D eigenvalue weighted by Crippen LogP contribution is -2.44. The van der Waals surface area contributed by atoms with Crippen LogP contribution in [-0.2, 0) is 9.63 Å². The van der Waals surface area contributed by atoms with Crippen LogP contribution in [0.4, 0.5) is 0 Å². The molecule has 0 aromatic carbocycles. The molecule has 0 bridgehead atoms. The van der Waals surface area contributed by atoms with Gasteiger partial charge in [-0.15, -0.1) is 5.59 Å². The third-order valence-corrected chi connectivity index (χ3v) is 0.663. The number of rotatable bonds is 0. The summed E-state index contributed by atoms with van der Waals surface area (Å²) >= 11 is 0. The Morgan fingerprint density at radius 1 is 1.71 bits per heavy atom. The first kappa shape index (κ1) is 4.70. The summed E-state index contributed by atoms with van der Waals surface area (Å²) in [5.41, 5.74) is 4.86. The van der Waals surface area contributed by atoms with E-state index in [0.29, 0.717) is 6.54 Å². The number of carbonyl (C=O) groups is 1. The quantitative estimate of drug-likeness (QED) is 0.394. The molecule has 7 heavy (non-hydrogen) atoms. The summed E-state index contributed by atoms with van der Waals surface area (Å²) in [5, 5.41) is 0. The summed E-state index contributed by atoms with van der Waals surface area (Å²) in [5.74, 6) is 0.0683. The lowest BCUT2D eigenvalue weighted by molar-refractivity contribution is -0.133. The summed E-state index contributed by atoms with van der Waals surface area (Å²) in [6.07, 6.45) is 0. The molecule has 1 saturated heterocycles. The summed E-state index contributed by atoms with van der Waals surface area (Å²) in [6, 6.07) is 0. The van der Waals surface area contributed by atoms with Crippen molar-refractivity contribution < 1.29 is 9.63 Å². The Morgan fingerprint density at radius 2 is 2.57 bits per heavy atom. The second-order valence-electron chi connectivity index (χ2n) is 1.28. The highest BCUT2D eigenvalue weighted by atomic mass is 16.7. The van der Waals surface area contributed by atoms with Gasteiger partial charge in [0.15, 0.2) is 5.78 Å². The highest BCUT2D eigenvalue weighted by molar-refractivity contribution is 5.81. The van der Waals surface area contributed by atoms with E-state index in [9.17, 15) is 4.79 Å². The van der Waals surface area contributed by atoms with Crippen LogP contribution in [0.25, 0.3) is 0 Å². The van der Waals surface area contributed by atoms with Crippen molar-refractivity contribution in [2.45, 2.75) is 0 Å². The van der Waals surface area contributed by atoms with Crippen molar-refractivity contribution in [1.29, 1.82) is 0 Å². The Morgan fingerprint density at radius 3 is 2.86 bits per heavy atom. The van der Waals surface area contributed by atoms with E-state index in [2.05, 4.69) is 15.9 Å². The average molecular weight is 102 g/mol. The molecule has 0 spiro atoms. The van der Waals surface area contributed by atoms with E-state index < -0.39 is 0 Å². The van der Waals surface area contributed by atoms with Gasteiger partial charge in [-0.05, 0) is 0 Å². The van der Waals surface area contributed by atoms with Crippen molar-refractivity contribution in [3.63, 3.8) is 0 Å². The summed E-state index contributed by atoms with van der Waals surface area (Å²) in [6.45, 7) is 0.535. The van der Waals surface area contributed by atoms with E-state index >= 15 is 0 Å². The van der Waals surface area contributed by atoms with E-state index in [1.807, 2.05) is 0 Å². The van der Waals surface area contributed by atoms with Gasteiger partial charge in [0.2, 0.25) is 0 Å². The number of hydrazine groups is 1. The minimum Gasteiger partial charge on any atom is -0.295 e. The molecule has 1 aliphatic rings. The van der Waals surface area contributed by atoms with Gasteiger partial charge in [0.25, 0.3) is 0 Å². The van der Waals surface area contributed by atoms with Crippen LogP contribution in [0.1, 0.15) is 0 Å². The predicted molar refractivity (Wildman–Crippen MR) is 22.1 cm³/mol. The molecule has 0 unspecified atom stereocenters. The Balaban J connectivity index is 2.25. The summed E-state index contributed by atoms with van der Waals surface area (Å²) in [7, 11) is 0. The Kier molecular flexibility index (Phi) is 1.35. The van der Waals surface area contributed by atoms with Crippen LogP contribution >= 0.6 is 0 Å². The first-order valence-electron chi connectivity index (χ1n) is 2.01. The largest absolute Gasteiger partial charge is 0.295 e. The van der Waals surface area contributed by atoms with Gasteiger partial charge in [-0.25, -0.2) is 5.43 Å². The molecule has 1 fully saturated rings. The number of Topliss-reactive ketones (excluding diaryl/α,β-unsaturated/α-hetero) is 1. The Labute approximate surface area is 40.8 Å². The normalized spacial score (nSPS) is 22.6. The van der Waals surface area contributed by atoms with Crippen molar-refractivity contribution in [2.24, 2.45) is 0 Å². The van der Waals surface area contributed by atoms with Crippen LogP contribution in [0.5, 0.6) is 0 Å². The van der Waals surface area contributed by atoms with Crippen LogP contribution in [-0.4, -0.2) is 18.9 Å². The molecule has 0 atom stereocenters. The zero-order valence-corrected chi connectivity index (χ0v) is 3.73. The highest BCUT2D eigenvalue weighted by Gasteiger charge is 2.04. The van der Waals surface area contributed by atoms with Gasteiger partial charge in [0, 0.05) is 0 Å². The third-order valence-electron chi connectivity index (χ3n) is 0.663. The molecular formula is C3H6N2O2. The van der Waals surface area contributed by atoms with Crippen molar-refractivity contribution >= 4 is 5.78 Å². The first-order chi connectivity index (χ1) is 3.39. The third kappa shape index (κ3) is 1.23. The monoisotopic (exact) mass is 102 g/mol. The molecule has 1 heterocycles. The second kappa shape index (κ2) is 2.02. The van der Waals surface area contributed by atoms with E-state index in [0.717, 1.165) is 0 Å². The van der Waals surface area contributed by atoms with E-state index in [4.69, 9.17) is 0 Å². The minimum atomic E-state index is 0.0683. The van der Waals surface area contributed by atoms with E-state index in [1.54, 1.807) is 0 Å². The molecule has 0 aromatic heterocycles. The molecular weight excluding hydrogens is 96.0 g/mol. The standard InChI is InChI=1S/C3H6N2O2/c6-3-1-4-5-7-2-3/h4-5H,1-2H2. The van der Waals surface area contributed by atoms with Crippen LogP contribution in [0.15, 0.2) is 0 Å². The van der Waals surface area contributed by atoms with Gasteiger partial charge in [0.05, 0.1) is 6.54 Å². The lowest BCUT2D eigenvalue weighted by atomic mass is 10.4. The summed E-state index contributed by atoms with van der Waals surface area (Å²) in [4.78, 5) is 14.7. The number of carbonyl (C=O) groups excluding carboxylic acids is 1. The molecule has 0 saturated carbocycles. The van der Waals surface area contributed by atoms with Gasteiger partial charge in [0.1, 0.15) is 6.61 Å². The molecule has 2 N–H and O–H groups in total. The summed E-state index contributed by atoms with van der Waals surface area (Å²) < 4.78 is 0. The molecule has 4 nitrogen and oxygen atoms in total. The Hall–Kier alpha value is -0.450. The number of hydrogen-bond donors (Lipinski definition) is 2. The molecule has 1 aliphatic heterocycles. The molecule has 0 radical (unpaired) electrons. The smallest absolute Gasteiger partial charge is 0.175 e. The van der Waals surface area contributed by atoms with Crippen LogP contribution in [0, 0.1) is 0 Å². The highest BCUT2D eigenvalue weighted by Crippen LogP contribution is 1.74. The zero-order chi connectivity index (χ0) is 5.11. The van der Waals surface area contributed by atoms with E-state index in [-0.39, 0.29) is 12.4 Å². The van der Waals surface area contributed by atoms with Crippen molar-refractivity contribution in [3.05, 3.63) is 0 Å². The van der Waals surface area contributed by atoms with Gasteiger partial charge in [-0.3, -0.25) is 9.63 Å². The molecule has 1 rings (SSSR count). The molecule has 0 amide bonds. The fourth-order valence-electron chi connectivity index (χ4n) is 0.353. The first-order valence-corrected chi connectivity index (χ1v) is 2.01. The predicted octanol–water partition coefficient (Wildman–Crippen LogP) is -1.41. The fourth-order valence-corrected chi connectivity index (χ4v) is 0.353. The van der Waals surface area contributed by atoms with Crippen LogP contribution in [0.3, 0.4) is 0 Å². The maximum atomic E-state index is 10.2.